The molecule has 0 aliphatic rings. The molecule has 3 rings (SSSR count). The molecule has 0 saturated carbocycles. The van der Waals surface area contributed by atoms with E-state index in [-0.39, 0.29) is 11.7 Å². The van der Waals surface area contributed by atoms with Gasteiger partial charge in [-0.05, 0) is 70.4 Å². The molecule has 8 heteroatoms. The first-order valence-corrected chi connectivity index (χ1v) is 12.1. The first-order valence-electron chi connectivity index (χ1n) is 10.3. The Hall–Kier alpha value is -2.16. The normalized spacial score (nSPS) is 11.3. The number of nitrogens with zero attached hydrogens (tertiary/aromatic N) is 3. The van der Waals surface area contributed by atoms with Gasteiger partial charge in [-0.25, -0.2) is 9.37 Å². The standard InChI is InChI=1S/C23H28FN3O2S2/c1-4-29-19-7-5-8-20-22(19)25-23(31-20)27(15-6-14-26(2)3)21(28)13-16-30-18-11-9-17(24)10-12-18/h5,7-12H,4,6,13-16H2,1-3H3. The molecule has 0 radical (unpaired) electrons. The lowest BCUT2D eigenvalue weighted by Crippen LogP contribution is -2.33. The average Bonchev–Trinajstić information content (AvgIpc) is 3.17. The predicted octanol–water partition coefficient (Wildman–Crippen LogP) is 5.30. The van der Waals surface area contributed by atoms with Crippen LogP contribution in [0.1, 0.15) is 19.8 Å². The number of benzene rings is 2. The highest BCUT2D eigenvalue weighted by Crippen LogP contribution is 2.34. The van der Waals surface area contributed by atoms with Gasteiger partial charge in [0.1, 0.15) is 17.1 Å². The maximum atomic E-state index is 13.1. The molecule has 3 aromatic rings. The van der Waals surface area contributed by atoms with E-state index in [9.17, 15) is 9.18 Å². The van der Waals surface area contributed by atoms with Crippen molar-refractivity contribution >= 4 is 44.4 Å². The van der Waals surface area contributed by atoms with Crippen molar-refractivity contribution in [3.8, 4) is 5.75 Å². The number of thiazole rings is 1. The molecule has 1 aromatic heterocycles. The van der Waals surface area contributed by atoms with Crippen molar-refractivity contribution in [3.05, 3.63) is 48.3 Å². The number of para-hydroxylation sites is 1. The van der Waals surface area contributed by atoms with Crippen LogP contribution in [0.4, 0.5) is 9.52 Å². The maximum absolute atomic E-state index is 13.1. The van der Waals surface area contributed by atoms with Gasteiger partial charge in [0, 0.05) is 23.6 Å². The van der Waals surface area contributed by atoms with Crippen molar-refractivity contribution in [3.63, 3.8) is 0 Å². The van der Waals surface area contributed by atoms with Crippen LogP contribution < -0.4 is 9.64 Å². The Morgan fingerprint density at radius 1 is 1.16 bits per heavy atom. The van der Waals surface area contributed by atoms with Crippen LogP contribution in [0.5, 0.6) is 5.75 Å². The van der Waals surface area contributed by atoms with Crippen molar-refractivity contribution in [2.45, 2.75) is 24.7 Å². The fraction of sp³-hybridized carbons (Fsp3) is 0.391. The molecular weight excluding hydrogens is 433 g/mol. The molecule has 2 aromatic carbocycles. The minimum absolute atomic E-state index is 0.0467. The average molecular weight is 462 g/mol. The molecule has 31 heavy (non-hydrogen) atoms. The van der Waals surface area contributed by atoms with Gasteiger partial charge in [-0.3, -0.25) is 9.69 Å². The van der Waals surface area contributed by atoms with E-state index in [0.717, 1.165) is 33.8 Å². The summed E-state index contributed by atoms with van der Waals surface area (Å²) < 4.78 is 19.8. The Labute approximate surface area is 191 Å². The molecule has 0 aliphatic carbocycles. The first kappa shape index (κ1) is 23.5. The zero-order valence-electron chi connectivity index (χ0n) is 18.1. The number of aromatic nitrogens is 1. The molecule has 166 valence electrons. The lowest BCUT2D eigenvalue weighted by Gasteiger charge is -2.21. The van der Waals surface area contributed by atoms with Crippen LogP contribution in [0.15, 0.2) is 47.4 Å². The van der Waals surface area contributed by atoms with Crippen LogP contribution in [0.3, 0.4) is 0 Å². The van der Waals surface area contributed by atoms with E-state index in [2.05, 4.69) is 4.90 Å². The van der Waals surface area contributed by atoms with Crippen molar-refractivity contribution in [1.29, 1.82) is 0 Å². The Kier molecular flexibility index (Phi) is 8.69. The van der Waals surface area contributed by atoms with Crippen molar-refractivity contribution in [2.75, 3.05) is 44.4 Å². The van der Waals surface area contributed by atoms with Gasteiger partial charge in [-0.15, -0.1) is 11.8 Å². The van der Waals surface area contributed by atoms with Gasteiger partial charge in [0.25, 0.3) is 0 Å². The number of anilines is 1. The monoisotopic (exact) mass is 461 g/mol. The number of amides is 1. The highest BCUT2D eigenvalue weighted by atomic mass is 32.2. The molecule has 1 heterocycles. The highest BCUT2D eigenvalue weighted by molar-refractivity contribution is 7.99. The van der Waals surface area contributed by atoms with Crippen LogP contribution in [-0.2, 0) is 4.79 Å². The molecule has 0 unspecified atom stereocenters. The fourth-order valence-corrected chi connectivity index (χ4v) is 4.96. The van der Waals surface area contributed by atoms with Crippen LogP contribution in [-0.4, -0.2) is 55.3 Å². The number of fused-ring (bicyclic) bond motifs is 1. The summed E-state index contributed by atoms with van der Waals surface area (Å²) in [5.41, 5.74) is 0.801. The number of ether oxygens (including phenoxy) is 1. The molecule has 5 nitrogen and oxygen atoms in total. The van der Waals surface area contributed by atoms with Gasteiger partial charge in [-0.1, -0.05) is 17.4 Å². The third kappa shape index (κ3) is 6.66. The summed E-state index contributed by atoms with van der Waals surface area (Å²) in [6.07, 6.45) is 1.25. The Morgan fingerprint density at radius 2 is 1.94 bits per heavy atom. The zero-order chi connectivity index (χ0) is 22.2. The van der Waals surface area contributed by atoms with Crippen molar-refractivity contribution in [1.82, 2.24) is 9.88 Å². The molecular formula is C23H28FN3O2S2. The quantitative estimate of drug-likeness (QED) is 0.363. The summed E-state index contributed by atoms with van der Waals surface area (Å²) in [6.45, 7) is 4.02. The van der Waals surface area contributed by atoms with Gasteiger partial charge >= 0.3 is 0 Å². The van der Waals surface area contributed by atoms with Gasteiger partial charge in [0.15, 0.2) is 5.13 Å². The third-order valence-corrected chi connectivity index (χ3v) is 6.65. The first-order chi connectivity index (χ1) is 15.0. The Morgan fingerprint density at radius 3 is 2.65 bits per heavy atom. The summed E-state index contributed by atoms with van der Waals surface area (Å²) in [5.74, 6) is 1.17. The van der Waals surface area contributed by atoms with E-state index in [1.165, 1.54) is 23.5 Å². The van der Waals surface area contributed by atoms with E-state index in [1.54, 1.807) is 28.8 Å². The van der Waals surface area contributed by atoms with E-state index in [0.29, 0.717) is 30.5 Å². The molecule has 0 N–H and O–H groups in total. The molecule has 0 atom stereocenters. The van der Waals surface area contributed by atoms with Crippen LogP contribution in [0.25, 0.3) is 10.2 Å². The van der Waals surface area contributed by atoms with Crippen LogP contribution in [0.2, 0.25) is 0 Å². The number of hydrogen-bond donors (Lipinski definition) is 0. The minimum atomic E-state index is -0.255. The van der Waals surface area contributed by atoms with Crippen molar-refractivity contribution in [2.24, 2.45) is 0 Å². The number of carbonyl (C=O) groups excluding carboxylic acids is 1. The second-order valence-electron chi connectivity index (χ2n) is 7.29. The smallest absolute Gasteiger partial charge is 0.229 e. The Bertz CT molecular complexity index is 992. The molecule has 0 fully saturated rings. The SMILES string of the molecule is CCOc1cccc2sc(N(CCCN(C)C)C(=O)CCSc3ccc(F)cc3)nc12. The van der Waals surface area contributed by atoms with Gasteiger partial charge in [0.05, 0.1) is 11.3 Å². The van der Waals surface area contributed by atoms with E-state index in [1.807, 2.05) is 39.2 Å². The van der Waals surface area contributed by atoms with E-state index >= 15 is 0 Å². The molecule has 0 bridgehead atoms. The summed E-state index contributed by atoms with van der Waals surface area (Å²) in [7, 11) is 4.05. The molecule has 1 amide bonds. The largest absolute Gasteiger partial charge is 0.492 e. The summed E-state index contributed by atoms with van der Waals surface area (Å²) in [6, 6.07) is 12.2. The highest BCUT2D eigenvalue weighted by Gasteiger charge is 2.20. The van der Waals surface area contributed by atoms with Crippen molar-refractivity contribution < 1.29 is 13.9 Å². The van der Waals surface area contributed by atoms with Gasteiger partial charge in [-0.2, -0.15) is 0 Å². The summed E-state index contributed by atoms with van der Waals surface area (Å²) >= 11 is 3.07. The number of thioether (sulfide) groups is 1. The molecule has 0 aliphatic heterocycles. The van der Waals surface area contributed by atoms with E-state index < -0.39 is 0 Å². The van der Waals surface area contributed by atoms with Gasteiger partial charge in [0.2, 0.25) is 5.91 Å². The summed E-state index contributed by atoms with van der Waals surface area (Å²) in [5, 5.41) is 0.706. The van der Waals surface area contributed by atoms with Crippen LogP contribution >= 0.6 is 23.1 Å². The molecule has 0 spiro atoms. The lowest BCUT2D eigenvalue weighted by molar-refractivity contribution is -0.118. The number of carbonyl (C=O) groups is 1. The van der Waals surface area contributed by atoms with Crippen LogP contribution in [0, 0.1) is 5.82 Å². The maximum Gasteiger partial charge on any atom is 0.229 e. The number of hydrogen-bond acceptors (Lipinski definition) is 6. The fourth-order valence-electron chi connectivity index (χ4n) is 3.09. The Balaban J connectivity index is 1.73. The lowest BCUT2D eigenvalue weighted by atomic mass is 10.3. The molecule has 0 saturated heterocycles. The van der Waals surface area contributed by atoms with Gasteiger partial charge < -0.3 is 9.64 Å². The predicted molar refractivity (Wildman–Crippen MR) is 128 cm³/mol. The number of rotatable bonds is 11. The minimum Gasteiger partial charge on any atom is -0.492 e. The second kappa shape index (κ2) is 11.5. The number of halogens is 1. The third-order valence-electron chi connectivity index (χ3n) is 4.59. The zero-order valence-corrected chi connectivity index (χ0v) is 19.8. The summed E-state index contributed by atoms with van der Waals surface area (Å²) in [4.78, 5) is 22.8. The second-order valence-corrected chi connectivity index (χ2v) is 9.46. The topological polar surface area (TPSA) is 45.7 Å². The van der Waals surface area contributed by atoms with E-state index in [4.69, 9.17) is 9.72 Å².